The maximum absolute atomic E-state index is 11.3. The summed E-state index contributed by atoms with van der Waals surface area (Å²) in [5.41, 5.74) is 4.30. The monoisotopic (exact) mass is 264 g/mol. The van der Waals surface area contributed by atoms with Gasteiger partial charge in [-0.25, -0.2) is 0 Å². The van der Waals surface area contributed by atoms with Crippen molar-refractivity contribution in [1.82, 2.24) is 4.98 Å². The Labute approximate surface area is 117 Å². The molecule has 0 saturated carbocycles. The number of H-pyrrole nitrogens is 1. The van der Waals surface area contributed by atoms with E-state index in [1.807, 2.05) is 32.3 Å². The van der Waals surface area contributed by atoms with Crippen LogP contribution in [-0.2, 0) is 0 Å². The molecule has 0 aliphatic heterocycles. The third-order valence-electron chi connectivity index (χ3n) is 3.44. The number of fused-ring (bicyclic) bond motifs is 1. The highest BCUT2D eigenvalue weighted by Crippen LogP contribution is 2.25. The van der Waals surface area contributed by atoms with Crippen LogP contribution >= 0.6 is 0 Å². The highest BCUT2D eigenvalue weighted by atomic mass is 16.1. The van der Waals surface area contributed by atoms with Crippen LogP contribution in [-0.4, -0.2) is 19.1 Å². The number of anilines is 1. The first-order chi connectivity index (χ1) is 9.63. The minimum Gasteiger partial charge on any atom is -0.378 e. The molecule has 3 heteroatoms. The molecule has 20 heavy (non-hydrogen) atoms. The van der Waals surface area contributed by atoms with Gasteiger partial charge in [-0.15, -0.1) is 0 Å². The Hall–Kier alpha value is -2.55. The normalized spacial score (nSPS) is 10.7. The topological polar surface area (TPSA) is 36.1 Å². The fourth-order valence-electron chi connectivity index (χ4n) is 2.29. The van der Waals surface area contributed by atoms with Gasteiger partial charge in [0.2, 0.25) is 5.56 Å². The summed E-state index contributed by atoms with van der Waals surface area (Å²) >= 11 is 0. The van der Waals surface area contributed by atoms with Crippen molar-refractivity contribution >= 4 is 16.6 Å². The lowest BCUT2D eigenvalue weighted by Crippen LogP contribution is -2.07. The van der Waals surface area contributed by atoms with E-state index in [-0.39, 0.29) is 5.56 Å². The van der Waals surface area contributed by atoms with E-state index in [2.05, 4.69) is 40.2 Å². The van der Waals surface area contributed by atoms with Crippen molar-refractivity contribution < 1.29 is 0 Å². The van der Waals surface area contributed by atoms with Crippen molar-refractivity contribution in [2.75, 3.05) is 19.0 Å². The van der Waals surface area contributed by atoms with Gasteiger partial charge in [-0.05, 0) is 46.8 Å². The van der Waals surface area contributed by atoms with Gasteiger partial charge in [0.1, 0.15) is 0 Å². The Bertz CT molecular complexity index is 801. The summed E-state index contributed by atoms with van der Waals surface area (Å²) < 4.78 is 0. The summed E-state index contributed by atoms with van der Waals surface area (Å²) in [6.07, 6.45) is 0. The SMILES string of the molecule is CN(C)c1ccc(-c2ccc3[nH]c(=O)ccc3c2)cc1. The molecule has 1 heterocycles. The summed E-state index contributed by atoms with van der Waals surface area (Å²) in [6, 6.07) is 17.9. The lowest BCUT2D eigenvalue weighted by molar-refractivity contribution is 1.13. The Morgan fingerprint density at radius 3 is 2.25 bits per heavy atom. The van der Waals surface area contributed by atoms with Crippen LogP contribution in [0.3, 0.4) is 0 Å². The Kier molecular flexibility index (Phi) is 3.03. The molecule has 3 aromatic rings. The Morgan fingerprint density at radius 1 is 0.850 bits per heavy atom. The molecule has 0 aliphatic rings. The molecule has 0 atom stereocenters. The molecule has 0 aliphatic carbocycles. The van der Waals surface area contributed by atoms with E-state index >= 15 is 0 Å². The molecule has 0 radical (unpaired) electrons. The van der Waals surface area contributed by atoms with E-state index in [1.165, 1.54) is 11.3 Å². The number of aromatic amines is 1. The van der Waals surface area contributed by atoms with E-state index < -0.39 is 0 Å². The van der Waals surface area contributed by atoms with Crippen LogP contribution in [0.2, 0.25) is 0 Å². The number of rotatable bonds is 2. The fourth-order valence-corrected chi connectivity index (χ4v) is 2.29. The predicted octanol–water partition coefficient (Wildman–Crippen LogP) is 3.26. The maximum Gasteiger partial charge on any atom is 0.248 e. The predicted molar refractivity (Wildman–Crippen MR) is 84.3 cm³/mol. The first-order valence-electron chi connectivity index (χ1n) is 6.54. The summed E-state index contributed by atoms with van der Waals surface area (Å²) in [4.78, 5) is 16.2. The average molecular weight is 264 g/mol. The molecule has 0 fully saturated rings. The summed E-state index contributed by atoms with van der Waals surface area (Å²) in [6.45, 7) is 0. The van der Waals surface area contributed by atoms with Gasteiger partial charge in [0, 0.05) is 31.4 Å². The van der Waals surface area contributed by atoms with Gasteiger partial charge in [0.15, 0.2) is 0 Å². The molecule has 3 rings (SSSR count). The fraction of sp³-hybridized carbons (Fsp3) is 0.118. The smallest absolute Gasteiger partial charge is 0.248 e. The van der Waals surface area contributed by atoms with Gasteiger partial charge in [0.25, 0.3) is 0 Å². The van der Waals surface area contributed by atoms with Gasteiger partial charge in [0.05, 0.1) is 0 Å². The second kappa shape index (κ2) is 4.85. The molecule has 1 N–H and O–H groups in total. The molecule has 0 bridgehead atoms. The molecule has 3 nitrogen and oxygen atoms in total. The zero-order valence-corrected chi connectivity index (χ0v) is 11.6. The number of hydrogen-bond acceptors (Lipinski definition) is 2. The van der Waals surface area contributed by atoms with Crippen molar-refractivity contribution in [2.45, 2.75) is 0 Å². The van der Waals surface area contributed by atoms with Crippen LogP contribution in [0.25, 0.3) is 22.0 Å². The standard InChI is InChI=1S/C17H16N2O/c1-19(2)15-7-3-12(4-8-15)13-5-9-16-14(11-13)6-10-17(20)18-16/h3-11H,1-2H3,(H,18,20). The van der Waals surface area contributed by atoms with E-state index in [4.69, 9.17) is 0 Å². The summed E-state index contributed by atoms with van der Waals surface area (Å²) in [5, 5.41) is 1.04. The quantitative estimate of drug-likeness (QED) is 0.771. The molecular formula is C17H16N2O. The Morgan fingerprint density at radius 2 is 1.55 bits per heavy atom. The summed E-state index contributed by atoms with van der Waals surface area (Å²) in [7, 11) is 4.06. The lowest BCUT2D eigenvalue weighted by Gasteiger charge is -2.12. The number of pyridine rings is 1. The second-order valence-electron chi connectivity index (χ2n) is 5.07. The molecule has 0 saturated heterocycles. The van der Waals surface area contributed by atoms with Gasteiger partial charge in [-0.1, -0.05) is 18.2 Å². The first-order valence-corrected chi connectivity index (χ1v) is 6.54. The minimum absolute atomic E-state index is 0.0689. The van der Waals surface area contributed by atoms with Crippen LogP contribution in [0.15, 0.2) is 59.4 Å². The molecular weight excluding hydrogens is 248 g/mol. The number of nitrogens with one attached hydrogen (secondary N) is 1. The van der Waals surface area contributed by atoms with E-state index in [0.29, 0.717) is 0 Å². The van der Waals surface area contributed by atoms with E-state index in [1.54, 1.807) is 6.07 Å². The average Bonchev–Trinajstić information content (AvgIpc) is 2.47. The van der Waals surface area contributed by atoms with Crippen LogP contribution in [0.5, 0.6) is 0 Å². The molecule has 0 spiro atoms. The van der Waals surface area contributed by atoms with Crippen LogP contribution in [0.1, 0.15) is 0 Å². The van der Waals surface area contributed by atoms with Gasteiger partial charge in [-0.2, -0.15) is 0 Å². The molecule has 2 aromatic carbocycles. The van der Waals surface area contributed by atoms with Crippen LogP contribution in [0, 0.1) is 0 Å². The van der Waals surface area contributed by atoms with Gasteiger partial charge in [-0.3, -0.25) is 4.79 Å². The van der Waals surface area contributed by atoms with Gasteiger partial charge >= 0.3 is 0 Å². The minimum atomic E-state index is -0.0689. The molecule has 0 unspecified atom stereocenters. The van der Waals surface area contributed by atoms with E-state index in [9.17, 15) is 4.79 Å². The molecule has 0 amide bonds. The van der Waals surface area contributed by atoms with Crippen LogP contribution in [0.4, 0.5) is 5.69 Å². The van der Waals surface area contributed by atoms with Crippen molar-refractivity contribution in [3.8, 4) is 11.1 Å². The zero-order valence-electron chi connectivity index (χ0n) is 11.6. The van der Waals surface area contributed by atoms with Crippen molar-refractivity contribution in [3.63, 3.8) is 0 Å². The Balaban J connectivity index is 2.05. The third-order valence-corrected chi connectivity index (χ3v) is 3.44. The molecule has 100 valence electrons. The highest BCUT2D eigenvalue weighted by Gasteiger charge is 2.01. The third kappa shape index (κ3) is 2.30. The van der Waals surface area contributed by atoms with Crippen LogP contribution < -0.4 is 10.5 Å². The number of hydrogen-bond donors (Lipinski definition) is 1. The largest absolute Gasteiger partial charge is 0.378 e. The van der Waals surface area contributed by atoms with Crippen molar-refractivity contribution in [1.29, 1.82) is 0 Å². The second-order valence-corrected chi connectivity index (χ2v) is 5.07. The number of aromatic nitrogens is 1. The van der Waals surface area contributed by atoms with Crippen molar-refractivity contribution in [2.24, 2.45) is 0 Å². The summed E-state index contributed by atoms with van der Waals surface area (Å²) in [5.74, 6) is 0. The maximum atomic E-state index is 11.3. The van der Waals surface area contributed by atoms with Gasteiger partial charge < -0.3 is 9.88 Å². The molecule has 1 aromatic heterocycles. The van der Waals surface area contributed by atoms with Crippen molar-refractivity contribution in [3.05, 3.63) is 65.0 Å². The van der Waals surface area contributed by atoms with E-state index in [0.717, 1.165) is 16.5 Å². The zero-order chi connectivity index (χ0) is 14.1. The highest BCUT2D eigenvalue weighted by molar-refractivity contribution is 5.84. The lowest BCUT2D eigenvalue weighted by atomic mass is 10.0. The number of nitrogens with zero attached hydrogens (tertiary/aromatic N) is 1. The first kappa shape index (κ1) is 12.5. The number of benzene rings is 2.